The summed E-state index contributed by atoms with van der Waals surface area (Å²) >= 11 is 9.54. The minimum Gasteiger partial charge on any atom is -0.392 e. The van der Waals surface area contributed by atoms with Gasteiger partial charge in [-0.2, -0.15) is 0 Å². The lowest BCUT2D eigenvalue weighted by Gasteiger charge is -2.08. The number of benzene rings is 1. The van der Waals surface area contributed by atoms with Crippen molar-refractivity contribution in [2.24, 2.45) is 0 Å². The lowest BCUT2D eigenvalue weighted by molar-refractivity contribution is 0.278. The maximum atomic E-state index is 9.26. The highest BCUT2D eigenvalue weighted by molar-refractivity contribution is 9.08. The van der Waals surface area contributed by atoms with Crippen molar-refractivity contribution >= 4 is 50.0 Å². The SMILES string of the molecule is OCc1c(CBr)cc2ccsc2c1S. The summed E-state index contributed by atoms with van der Waals surface area (Å²) in [5, 5.41) is 13.3. The van der Waals surface area contributed by atoms with Crippen molar-refractivity contribution in [2.75, 3.05) is 0 Å². The van der Waals surface area contributed by atoms with Crippen LogP contribution in [0.2, 0.25) is 0 Å². The molecular formula is C10H9BrOS2. The average molecular weight is 289 g/mol. The molecule has 1 nitrogen and oxygen atoms in total. The van der Waals surface area contributed by atoms with Gasteiger partial charge in [0, 0.05) is 14.9 Å². The van der Waals surface area contributed by atoms with Gasteiger partial charge >= 0.3 is 0 Å². The fourth-order valence-corrected chi connectivity index (χ4v) is 3.34. The highest BCUT2D eigenvalue weighted by Crippen LogP contribution is 2.33. The maximum Gasteiger partial charge on any atom is 0.0696 e. The molecule has 0 spiro atoms. The first-order valence-electron chi connectivity index (χ1n) is 4.15. The van der Waals surface area contributed by atoms with Crippen LogP contribution < -0.4 is 0 Å². The zero-order valence-corrected chi connectivity index (χ0v) is 10.6. The minimum absolute atomic E-state index is 0.0492. The van der Waals surface area contributed by atoms with E-state index < -0.39 is 0 Å². The monoisotopic (exact) mass is 288 g/mol. The summed E-state index contributed by atoms with van der Waals surface area (Å²) in [5.41, 5.74) is 2.04. The van der Waals surface area contributed by atoms with Gasteiger partial charge in [0.15, 0.2) is 0 Å². The number of thiophene rings is 1. The quantitative estimate of drug-likeness (QED) is 0.639. The Morgan fingerprint density at radius 3 is 2.93 bits per heavy atom. The van der Waals surface area contributed by atoms with E-state index in [-0.39, 0.29) is 6.61 Å². The van der Waals surface area contributed by atoms with Gasteiger partial charge in [0.1, 0.15) is 0 Å². The zero-order chi connectivity index (χ0) is 10.1. The van der Waals surface area contributed by atoms with Crippen LogP contribution in [0.5, 0.6) is 0 Å². The van der Waals surface area contributed by atoms with Gasteiger partial charge in [-0.25, -0.2) is 0 Å². The van der Waals surface area contributed by atoms with Crippen LogP contribution in [0.1, 0.15) is 11.1 Å². The van der Waals surface area contributed by atoms with Crippen LogP contribution in [0, 0.1) is 0 Å². The third kappa shape index (κ3) is 1.60. The molecule has 0 saturated carbocycles. The largest absolute Gasteiger partial charge is 0.392 e. The summed E-state index contributed by atoms with van der Waals surface area (Å²) in [6.45, 7) is 0.0492. The van der Waals surface area contributed by atoms with E-state index in [1.54, 1.807) is 11.3 Å². The number of aliphatic hydroxyl groups excluding tert-OH is 1. The van der Waals surface area contributed by atoms with Gasteiger partial charge in [-0.1, -0.05) is 15.9 Å². The molecule has 0 aliphatic carbocycles. The van der Waals surface area contributed by atoms with Crippen LogP contribution >= 0.6 is 39.9 Å². The van der Waals surface area contributed by atoms with Crippen molar-refractivity contribution < 1.29 is 5.11 Å². The molecule has 0 aliphatic rings. The van der Waals surface area contributed by atoms with Crippen LogP contribution in [0.15, 0.2) is 22.4 Å². The topological polar surface area (TPSA) is 20.2 Å². The van der Waals surface area contributed by atoms with Crippen molar-refractivity contribution in [1.82, 2.24) is 0 Å². The highest BCUT2D eigenvalue weighted by atomic mass is 79.9. The summed E-state index contributed by atoms with van der Waals surface area (Å²) in [6, 6.07) is 4.18. The second-order valence-electron chi connectivity index (χ2n) is 2.99. The Hall–Kier alpha value is -0.0300. The van der Waals surface area contributed by atoms with Crippen LogP contribution in [0.25, 0.3) is 10.1 Å². The van der Waals surface area contributed by atoms with Crippen LogP contribution in [0.3, 0.4) is 0 Å². The molecule has 1 aromatic carbocycles. The Labute approximate surface area is 100 Å². The molecule has 0 radical (unpaired) electrons. The molecule has 0 unspecified atom stereocenters. The molecule has 0 fully saturated rings. The average Bonchev–Trinajstić information content (AvgIpc) is 2.65. The molecule has 0 saturated heterocycles. The Kier molecular flexibility index (Phi) is 3.17. The van der Waals surface area contributed by atoms with Gasteiger partial charge < -0.3 is 5.11 Å². The molecule has 14 heavy (non-hydrogen) atoms. The second kappa shape index (κ2) is 4.23. The fourth-order valence-electron chi connectivity index (χ4n) is 1.48. The van der Waals surface area contributed by atoms with Crippen molar-refractivity contribution in [3.05, 3.63) is 28.6 Å². The lowest BCUT2D eigenvalue weighted by atomic mass is 10.1. The summed E-state index contributed by atoms with van der Waals surface area (Å²) < 4.78 is 1.15. The Morgan fingerprint density at radius 2 is 2.29 bits per heavy atom. The molecule has 4 heteroatoms. The molecule has 74 valence electrons. The molecule has 1 N–H and O–H groups in total. The number of hydrogen-bond donors (Lipinski definition) is 2. The van der Waals surface area contributed by atoms with Gasteiger partial charge in [0.2, 0.25) is 0 Å². The van der Waals surface area contributed by atoms with Crippen LogP contribution in [0.4, 0.5) is 0 Å². The van der Waals surface area contributed by atoms with Gasteiger partial charge in [0.25, 0.3) is 0 Å². The maximum absolute atomic E-state index is 9.26. The number of hydrogen-bond acceptors (Lipinski definition) is 3. The van der Waals surface area contributed by atoms with Gasteiger partial charge in [-0.15, -0.1) is 24.0 Å². The van der Waals surface area contributed by atoms with E-state index in [0.29, 0.717) is 0 Å². The van der Waals surface area contributed by atoms with E-state index in [9.17, 15) is 5.11 Å². The first-order chi connectivity index (χ1) is 6.77. The number of aliphatic hydroxyl groups is 1. The predicted molar refractivity (Wildman–Crippen MR) is 67.6 cm³/mol. The summed E-state index contributed by atoms with van der Waals surface area (Å²) in [4.78, 5) is 0.912. The van der Waals surface area contributed by atoms with Crippen molar-refractivity contribution in [1.29, 1.82) is 0 Å². The minimum atomic E-state index is 0.0492. The second-order valence-corrected chi connectivity index (χ2v) is 4.92. The molecule has 1 aromatic heterocycles. The van der Waals surface area contributed by atoms with Gasteiger partial charge in [-0.3, -0.25) is 0 Å². The smallest absolute Gasteiger partial charge is 0.0696 e. The van der Waals surface area contributed by atoms with E-state index in [2.05, 4.69) is 40.7 Å². The van der Waals surface area contributed by atoms with E-state index >= 15 is 0 Å². The van der Waals surface area contributed by atoms with Crippen molar-refractivity contribution in [3.8, 4) is 0 Å². The molecule has 0 bridgehead atoms. The van der Waals surface area contributed by atoms with Gasteiger partial charge in [-0.05, 0) is 34.0 Å². The van der Waals surface area contributed by atoms with Gasteiger partial charge in [0.05, 0.1) is 6.61 Å². The van der Waals surface area contributed by atoms with E-state index in [1.165, 1.54) is 5.39 Å². The Bertz CT molecular complexity index is 464. The first-order valence-corrected chi connectivity index (χ1v) is 6.60. The zero-order valence-electron chi connectivity index (χ0n) is 7.33. The molecule has 0 aliphatic heterocycles. The van der Waals surface area contributed by atoms with Crippen LogP contribution in [-0.2, 0) is 11.9 Å². The third-order valence-corrected chi connectivity index (χ3v) is 4.41. The molecule has 2 aromatic rings. The van der Waals surface area contributed by atoms with E-state index in [1.807, 2.05) is 5.38 Å². The molecule has 0 amide bonds. The first kappa shape index (κ1) is 10.5. The molecule has 1 heterocycles. The van der Waals surface area contributed by atoms with Crippen LogP contribution in [-0.4, -0.2) is 5.11 Å². The predicted octanol–water partition coefficient (Wildman–Crippen LogP) is 3.58. The lowest BCUT2D eigenvalue weighted by Crippen LogP contribution is -1.93. The standard InChI is InChI=1S/C10H9BrOS2/c11-4-7-3-6-1-2-14-10(6)9(13)8(7)5-12/h1-3,12-13H,4-5H2. The molecule has 0 atom stereocenters. The normalized spacial score (nSPS) is 11.1. The number of thiol groups is 1. The Balaban J connectivity index is 2.79. The van der Waals surface area contributed by atoms with Crippen molar-refractivity contribution in [3.63, 3.8) is 0 Å². The number of fused-ring (bicyclic) bond motifs is 1. The number of alkyl halides is 1. The molecule has 2 rings (SSSR count). The fraction of sp³-hybridized carbons (Fsp3) is 0.200. The highest BCUT2D eigenvalue weighted by Gasteiger charge is 2.10. The molecular weight excluding hydrogens is 280 g/mol. The van der Waals surface area contributed by atoms with E-state index in [0.717, 1.165) is 26.1 Å². The number of halogens is 1. The summed E-state index contributed by atoms with van der Waals surface area (Å²) in [6.07, 6.45) is 0. The third-order valence-electron chi connectivity index (χ3n) is 2.22. The number of rotatable bonds is 2. The summed E-state index contributed by atoms with van der Waals surface area (Å²) in [7, 11) is 0. The Morgan fingerprint density at radius 1 is 1.50 bits per heavy atom. The summed E-state index contributed by atoms with van der Waals surface area (Å²) in [5.74, 6) is 0. The van der Waals surface area contributed by atoms with E-state index in [4.69, 9.17) is 0 Å². The van der Waals surface area contributed by atoms with Crippen molar-refractivity contribution in [2.45, 2.75) is 16.8 Å².